The minimum Gasteiger partial charge on any atom is -0.195 e. The molecule has 0 amide bonds. The number of nitrogens with zero attached hydrogens (tertiary/aromatic N) is 2. The number of hydrogen-bond acceptors (Lipinski definition) is 2. The Morgan fingerprint density at radius 2 is 2.19 bits per heavy atom. The Balaban J connectivity index is 2.68. The first-order valence-electron chi connectivity index (χ1n) is 5.83. The summed E-state index contributed by atoms with van der Waals surface area (Å²) in [6, 6.07) is 0.184. The molecule has 0 aromatic heterocycles. The fourth-order valence-corrected chi connectivity index (χ4v) is 3.93. The molecule has 0 aromatic rings. The predicted molar refractivity (Wildman–Crippen MR) is 66.9 cm³/mol. The summed E-state index contributed by atoms with van der Waals surface area (Å²) in [7, 11) is -1.63. The molecule has 1 aliphatic heterocycles. The first-order chi connectivity index (χ1) is 7.54. The molecule has 1 heterocycles. The average Bonchev–Trinajstić information content (AvgIpc) is 2.74. The predicted octanol–water partition coefficient (Wildman–Crippen LogP) is 1.67. The Morgan fingerprint density at radius 1 is 1.50 bits per heavy atom. The van der Waals surface area contributed by atoms with Gasteiger partial charge in [0.1, 0.15) is 0 Å². The van der Waals surface area contributed by atoms with Crippen LogP contribution in [0.1, 0.15) is 32.6 Å². The third kappa shape index (κ3) is 3.09. The monoisotopic (exact) mass is 268 g/mol. The zero-order chi connectivity index (χ0) is 12.2. The largest absolute Gasteiger partial charge is 0.281 e. The van der Waals surface area contributed by atoms with E-state index in [1.807, 2.05) is 6.92 Å². The van der Waals surface area contributed by atoms with Gasteiger partial charge in [0.25, 0.3) is 10.2 Å². The van der Waals surface area contributed by atoms with Gasteiger partial charge in [0.05, 0.1) is 0 Å². The average molecular weight is 269 g/mol. The van der Waals surface area contributed by atoms with Crippen LogP contribution in [0.4, 0.5) is 0 Å². The van der Waals surface area contributed by atoms with Gasteiger partial charge in [0, 0.05) is 32.1 Å². The molecule has 1 atom stereocenters. The van der Waals surface area contributed by atoms with E-state index in [1.54, 1.807) is 11.4 Å². The molecule has 0 saturated carbocycles. The van der Waals surface area contributed by atoms with Crippen LogP contribution in [0.3, 0.4) is 0 Å². The van der Waals surface area contributed by atoms with Crippen LogP contribution in [0.2, 0.25) is 0 Å². The van der Waals surface area contributed by atoms with E-state index in [0.717, 1.165) is 19.3 Å². The summed E-state index contributed by atoms with van der Waals surface area (Å²) in [6.45, 7) is 3.20. The van der Waals surface area contributed by atoms with Crippen molar-refractivity contribution in [2.24, 2.45) is 0 Å². The summed E-state index contributed by atoms with van der Waals surface area (Å²) in [5, 5.41) is 0. The highest BCUT2D eigenvalue weighted by atomic mass is 35.5. The fraction of sp³-hybridized carbons (Fsp3) is 1.00. The standard InChI is InChI=1S/C10H21ClN2O2S/c1-3-10-6-4-9-13(10)16(14,15)12(2)8-5-7-11/h10H,3-9H2,1-2H3. The lowest BCUT2D eigenvalue weighted by Gasteiger charge is -2.28. The molecule has 0 spiro atoms. The third-order valence-corrected chi connectivity index (χ3v) is 5.40. The van der Waals surface area contributed by atoms with Crippen LogP contribution in [0.15, 0.2) is 0 Å². The Bertz CT molecular complexity index is 308. The number of hydrogen-bond donors (Lipinski definition) is 0. The molecule has 6 heteroatoms. The Morgan fingerprint density at radius 3 is 2.75 bits per heavy atom. The summed E-state index contributed by atoms with van der Waals surface area (Å²) in [5.74, 6) is 0.497. The summed E-state index contributed by atoms with van der Waals surface area (Å²) in [6.07, 6.45) is 3.55. The number of alkyl halides is 1. The molecule has 0 aromatic carbocycles. The van der Waals surface area contributed by atoms with Crippen LogP contribution >= 0.6 is 11.6 Å². The number of rotatable bonds is 6. The molecule has 0 bridgehead atoms. The van der Waals surface area contributed by atoms with Crippen molar-refractivity contribution in [1.29, 1.82) is 0 Å². The topological polar surface area (TPSA) is 40.6 Å². The van der Waals surface area contributed by atoms with Crippen molar-refractivity contribution >= 4 is 21.8 Å². The lowest BCUT2D eigenvalue weighted by atomic mass is 10.2. The van der Waals surface area contributed by atoms with E-state index in [4.69, 9.17) is 11.6 Å². The molecule has 1 fully saturated rings. The van der Waals surface area contributed by atoms with Crippen molar-refractivity contribution in [3.8, 4) is 0 Å². The highest BCUT2D eigenvalue weighted by molar-refractivity contribution is 7.86. The van der Waals surface area contributed by atoms with Crippen LogP contribution in [0.5, 0.6) is 0 Å². The molecule has 0 N–H and O–H groups in total. The summed E-state index contributed by atoms with van der Waals surface area (Å²) in [5.41, 5.74) is 0. The van der Waals surface area contributed by atoms with Crippen LogP contribution in [0.25, 0.3) is 0 Å². The summed E-state index contributed by atoms with van der Waals surface area (Å²) in [4.78, 5) is 0. The summed E-state index contributed by atoms with van der Waals surface area (Å²) < 4.78 is 27.5. The Kier molecular flexibility index (Phi) is 5.50. The fourth-order valence-electron chi connectivity index (χ4n) is 2.10. The van der Waals surface area contributed by atoms with Crippen LogP contribution in [-0.4, -0.2) is 49.1 Å². The SMILES string of the molecule is CCC1CCCN1S(=O)(=O)N(C)CCCCl. The van der Waals surface area contributed by atoms with Crippen molar-refractivity contribution in [2.75, 3.05) is 26.0 Å². The van der Waals surface area contributed by atoms with Crippen molar-refractivity contribution in [3.63, 3.8) is 0 Å². The first kappa shape index (κ1) is 14.2. The van der Waals surface area contributed by atoms with Gasteiger partial charge in [0.15, 0.2) is 0 Å². The molecule has 1 aliphatic rings. The van der Waals surface area contributed by atoms with Gasteiger partial charge in [-0.15, -0.1) is 11.6 Å². The smallest absolute Gasteiger partial charge is 0.195 e. The Labute approximate surface area is 104 Å². The van der Waals surface area contributed by atoms with Crippen molar-refractivity contribution in [3.05, 3.63) is 0 Å². The highest BCUT2D eigenvalue weighted by Gasteiger charge is 2.35. The van der Waals surface area contributed by atoms with E-state index in [0.29, 0.717) is 25.4 Å². The third-order valence-electron chi connectivity index (χ3n) is 3.09. The maximum Gasteiger partial charge on any atom is 0.281 e. The van der Waals surface area contributed by atoms with Crippen molar-refractivity contribution in [2.45, 2.75) is 38.6 Å². The van der Waals surface area contributed by atoms with Gasteiger partial charge in [-0.25, -0.2) is 0 Å². The van der Waals surface area contributed by atoms with Gasteiger partial charge in [-0.3, -0.25) is 0 Å². The molecular formula is C10H21ClN2O2S. The molecule has 1 unspecified atom stereocenters. The second kappa shape index (κ2) is 6.19. The maximum absolute atomic E-state index is 12.2. The first-order valence-corrected chi connectivity index (χ1v) is 7.76. The van der Waals surface area contributed by atoms with Crippen molar-refractivity contribution < 1.29 is 8.42 Å². The van der Waals surface area contributed by atoms with Crippen LogP contribution in [0, 0.1) is 0 Å². The molecule has 0 radical (unpaired) electrons. The van der Waals surface area contributed by atoms with E-state index >= 15 is 0 Å². The zero-order valence-corrected chi connectivity index (χ0v) is 11.6. The van der Waals surface area contributed by atoms with Gasteiger partial charge in [0.2, 0.25) is 0 Å². The minimum atomic E-state index is -3.26. The van der Waals surface area contributed by atoms with Gasteiger partial charge in [-0.05, 0) is 25.7 Å². The second-order valence-corrected chi connectivity index (χ2v) is 6.55. The maximum atomic E-state index is 12.2. The lowest BCUT2D eigenvalue weighted by molar-refractivity contribution is 0.338. The van der Waals surface area contributed by atoms with Crippen LogP contribution < -0.4 is 0 Å². The van der Waals surface area contributed by atoms with Crippen molar-refractivity contribution in [1.82, 2.24) is 8.61 Å². The molecule has 16 heavy (non-hydrogen) atoms. The molecule has 4 nitrogen and oxygen atoms in total. The van der Waals surface area contributed by atoms with E-state index in [9.17, 15) is 8.42 Å². The van der Waals surface area contributed by atoms with E-state index in [1.165, 1.54) is 4.31 Å². The molecular weight excluding hydrogens is 248 g/mol. The zero-order valence-electron chi connectivity index (χ0n) is 10.0. The molecule has 1 saturated heterocycles. The summed E-state index contributed by atoms with van der Waals surface area (Å²) >= 11 is 5.58. The lowest BCUT2D eigenvalue weighted by Crippen LogP contribution is -2.44. The molecule has 0 aliphatic carbocycles. The normalized spacial score (nSPS) is 23.1. The minimum absolute atomic E-state index is 0.184. The van der Waals surface area contributed by atoms with Crippen LogP contribution in [-0.2, 0) is 10.2 Å². The van der Waals surface area contributed by atoms with Gasteiger partial charge in [-0.2, -0.15) is 17.0 Å². The molecule has 1 rings (SSSR count). The van der Waals surface area contributed by atoms with E-state index in [2.05, 4.69) is 0 Å². The van der Waals surface area contributed by atoms with E-state index < -0.39 is 10.2 Å². The highest BCUT2D eigenvalue weighted by Crippen LogP contribution is 2.24. The van der Waals surface area contributed by atoms with E-state index in [-0.39, 0.29) is 6.04 Å². The van der Waals surface area contributed by atoms with Gasteiger partial charge >= 0.3 is 0 Å². The van der Waals surface area contributed by atoms with Gasteiger partial charge < -0.3 is 0 Å². The second-order valence-electron chi connectivity index (χ2n) is 4.19. The Hall–Kier alpha value is 0.160. The number of halogens is 1. The van der Waals surface area contributed by atoms with Gasteiger partial charge in [-0.1, -0.05) is 6.92 Å². The molecule has 96 valence electrons. The quantitative estimate of drug-likeness (QED) is 0.688.